The van der Waals surface area contributed by atoms with Crippen LogP contribution in [-0.2, 0) is 16.0 Å². The molecule has 1 heterocycles. The van der Waals surface area contributed by atoms with Gasteiger partial charge in [0.15, 0.2) is 0 Å². The fourth-order valence-electron chi connectivity index (χ4n) is 3.65. The highest BCUT2D eigenvalue weighted by Crippen LogP contribution is 2.41. The predicted octanol–water partition coefficient (Wildman–Crippen LogP) is 4.27. The van der Waals surface area contributed by atoms with E-state index in [0.29, 0.717) is 19.5 Å². The Morgan fingerprint density at radius 1 is 1.07 bits per heavy atom. The number of ether oxygens (including phenoxy) is 1. The summed E-state index contributed by atoms with van der Waals surface area (Å²) < 4.78 is 71.7. The van der Waals surface area contributed by atoms with Crippen LogP contribution in [0, 0.1) is 5.92 Å². The lowest BCUT2D eigenvalue weighted by atomic mass is 9.98. The zero-order chi connectivity index (χ0) is 20.4. The predicted molar refractivity (Wildman–Crippen MR) is 99.7 cm³/mol. The lowest BCUT2D eigenvalue weighted by Crippen LogP contribution is -2.51. The Bertz CT molecular complexity index is 893. The van der Waals surface area contributed by atoms with Gasteiger partial charge in [0.05, 0.1) is 10.5 Å². The molecule has 2 aromatic carbocycles. The maximum Gasteiger partial charge on any atom is 0.416 e. The molecule has 1 aliphatic rings. The lowest BCUT2D eigenvalue weighted by molar-refractivity contribution is -0.137. The van der Waals surface area contributed by atoms with Gasteiger partial charge in [-0.15, -0.1) is 0 Å². The molecule has 0 aliphatic carbocycles. The van der Waals surface area contributed by atoms with E-state index in [1.807, 2.05) is 0 Å². The molecule has 1 fully saturated rings. The molecule has 1 saturated heterocycles. The third-order valence-electron chi connectivity index (χ3n) is 5.16. The lowest BCUT2D eigenvalue weighted by Gasteiger charge is -2.38. The molecule has 1 aliphatic heterocycles. The van der Waals surface area contributed by atoms with Crippen LogP contribution in [0.1, 0.15) is 25.3 Å². The van der Waals surface area contributed by atoms with Crippen LogP contribution in [0.2, 0.25) is 0 Å². The molecule has 2 atom stereocenters. The number of rotatable bonds is 6. The highest BCUT2D eigenvalue weighted by molar-refractivity contribution is 7.92. The van der Waals surface area contributed by atoms with Gasteiger partial charge in [-0.1, -0.05) is 25.1 Å². The van der Waals surface area contributed by atoms with Crippen LogP contribution in [0.4, 0.5) is 13.2 Å². The van der Waals surface area contributed by atoms with Gasteiger partial charge in [0.25, 0.3) is 0 Å². The summed E-state index contributed by atoms with van der Waals surface area (Å²) in [6.45, 7) is 2.84. The van der Waals surface area contributed by atoms with Gasteiger partial charge in [-0.2, -0.15) is 13.2 Å². The second-order valence-corrected chi connectivity index (χ2v) is 8.97. The van der Waals surface area contributed by atoms with Gasteiger partial charge in [0, 0.05) is 12.5 Å². The Balaban J connectivity index is 2.04. The van der Waals surface area contributed by atoms with Crippen LogP contribution < -0.4 is 10.1 Å². The number of benzene rings is 2. The molecule has 0 spiro atoms. The maximum atomic E-state index is 13.6. The Kier molecular flexibility index (Phi) is 5.72. The molecule has 0 amide bonds. The Morgan fingerprint density at radius 2 is 1.71 bits per heavy atom. The topological polar surface area (TPSA) is 55.4 Å². The Hall–Kier alpha value is -2.06. The molecule has 2 unspecified atom stereocenters. The third-order valence-corrected chi connectivity index (χ3v) is 7.66. The summed E-state index contributed by atoms with van der Waals surface area (Å²) in [5.74, 6) is -0.230. The standard InChI is InChI=1S/C20H22F3NO3S/c1-2-19(16-12-13-24-14-16,28(25,26)18-6-4-3-5-7-18)27-17-10-8-15(9-11-17)20(21,22)23/h3-11,16,24H,2,12-14H2,1H3. The summed E-state index contributed by atoms with van der Waals surface area (Å²) in [7, 11) is -3.92. The van der Waals surface area contributed by atoms with E-state index in [-0.39, 0.29) is 23.0 Å². The number of hydrogen-bond donors (Lipinski definition) is 1. The van der Waals surface area contributed by atoms with Gasteiger partial charge >= 0.3 is 6.18 Å². The van der Waals surface area contributed by atoms with Crippen molar-refractivity contribution in [1.29, 1.82) is 0 Å². The molecule has 0 saturated carbocycles. The fourth-order valence-corrected chi connectivity index (χ4v) is 5.79. The van der Waals surface area contributed by atoms with Crippen molar-refractivity contribution >= 4 is 9.84 Å². The summed E-state index contributed by atoms with van der Waals surface area (Å²) in [4.78, 5) is -1.44. The van der Waals surface area contributed by atoms with Crippen molar-refractivity contribution in [2.24, 2.45) is 5.92 Å². The number of halogens is 3. The van der Waals surface area contributed by atoms with Crippen LogP contribution in [-0.4, -0.2) is 26.4 Å². The van der Waals surface area contributed by atoms with Gasteiger partial charge in [-0.25, -0.2) is 8.42 Å². The molecule has 2 aromatic rings. The molecule has 152 valence electrons. The van der Waals surface area contributed by atoms with Crippen LogP contribution in [0.5, 0.6) is 5.75 Å². The van der Waals surface area contributed by atoms with Crippen LogP contribution in [0.25, 0.3) is 0 Å². The Morgan fingerprint density at radius 3 is 2.21 bits per heavy atom. The molecule has 8 heteroatoms. The summed E-state index contributed by atoms with van der Waals surface area (Å²) in [5, 5.41) is 3.16. The van der Waals surface area contributed by atoms with E-state index in [2.05, 4.69) is 5.32 Å². The summed E-state index contributed by atoms with van der Waals surface area (Å²) in [6, 6.07) is 12.2. The Labute approximate surface area is 162 Å². The van der Waals surface area contributed by atoms with E-state index in [4.69, 9.17) is 4.74 Å². The van der Waals surface area contributed by atoms with Gasteiger partial charge < -0.3 is 10.1 Å². The van der Waals surface area contributed by atoms with Crippen molar-refractivity contribution in [2.75, 3.05) is 13.1 Å². The van der Waals surface area contributed by atoms with E-state index in [0.717, 1.165) is 12.1 Å². The minimum Gasteiger partial charge on any atom is -0.471 e. The van der Waals surface area contributed by atoms with Gasteiger partial charge in [0.1, 0.15) is 5.75 Å². The van der Waals surface area contributed by atoms with Gasteiger partial charge in [0.2, 0.25) is 14.8 Å². The smallest absolute Gasteiger partial charge is 0.416 e. The molecular weight excluding hydrogens is 391 g/mol. The van der Waals surface area contributed by atoms with Crippen molar-refractivity contribution in [2.45, 2.75) is 35.8 Å². The van der Waals surface area contributed by atoms with Gasteiger partial charge in [-0.05, 0) is 55.8 Å². The molecule has 28 heavy (non-hydrogen) atoms. The summed E-state index contributed by atoms with van der Waals surface area (Å²) in [6.07, 6.45) is -3.70. The van der Waals surface area contributed by atoms with Crippen LogP contribution in [0.3, 0.4) is 0 Å². The van der Waals surface area contributed by atoms with E-state index in [1.165, 1.54) is 24.3 Å². The van der Waals surface area contributed by atoms with Crippen molar-refractivity contribution in [1.82, 2.24) is 5.32 Å². The fraction of sp³-hybridized carbons (Fsp3) is 0.400. The van der Waals surface area contributed by atoms with E-state index in [9.17, 15) is 21.6 Å². The second kappa shape index (κ2) is 7.75. The largest absolute Gasteiger partial charge is 0.471 e. The SMILES string of the molecule is CCC(Oc1ccc(C(F)(F)F)cc1)(C1CCNC1)S(=O)(=O)c1ccccc1. The molecule has 1 N–H and O–H groups in total. The molecule has 4 nitrogen and oxygen atoms in total. The van der Waals surface area contributed by atoms with Gasteiger partial charge in [-0.3, -0.25) is 0 Å². The first-order valence-electron chi connectivity index (χ1n) is 9.07. The minimum atomic E-state index is -4.47. The first-order valence-corrected chi connectivity index (χ1v) is 10.6. The average Bonchev–Trinajstić information content (AvgIpc) is 3.21. The molecule has 0 bridgehead atoms. The number of sulfone groups is 1. The maximum absolute atomic E-state index is 13.6. The highest BCUT2D eigenvalue weighted by Gasteiger charge is 2.52. The second-order valence-electron chi connectivity index (χ2n) is 6.80. The summed E-state index contributed by atoms with van der Waals surface area (Å²) in [5.41, 5.74) is -0.810. The first-order chi connectivity index (χ1) is 13.2. The van der Waals surface area contributed by atoms with Crippen molar-refractivity contribution in [3.63, 3.8) is 0 Å². The summed E-state index contributed by atoms with van der Waals surface area (Å²) >= 11 is 0. The number of alkyl halides is 3. The minimum absolute atomic E-state index is 0.0984. The average molecular weight is 413 g/mol. The molecule has 0 radical (unpaired) electrons. The van der Waals surface area contributed by atoms with Crippen LogP contribution in [0.15, 0.2) is 59.5 Å². The van der Waals surface area contributed by atoms with E-state index < -0.39 is 26.5 Å². The van der Waals surface area contributed by atoms with E-state index in [1.54, 1.807) is 25.1 Å². The van der Waals surface area contributed by atoms with Crippen LogP contribution >= 0.6 is 0 Å². The highest BCUT2D eigenvalue weighted by atomic mass is 32.2. The third kappa shape index (κ3) is 3.75. The first kappa shape index (κ1) is 20.7. The number of hydrogen-bond acceptors (Lipinski definition) is 4. The van der Waals surface area contributed by atoms with E-state index >= 15 is 0 Å². The molecule has 0 aromatic heterocycles. The molecule has 3 rings (SSSR count). The quantitative estimate of drug-likeness (QED) is 0.768. The number of nitrogens with one attached hydrogen (secondary N) is 1. The zero-order valence-corrected chi connectivity index (χ0v) is 16.2. The van der Waals surface area contributed by atoms with Crippen molar-refractivity contribution < 1.29 is 26.3 Å². The monoisotopic (exact) mass is 413 g/mol. The van der Waals surface area contributed by atoms with Crippen molar-refractivity contribution in [3.8, 4) is 5.75 Å². The van der Waals surface area contributed by atoms with Crippen molar-refractivity contribution in [3.05, 3.63) is 60.2 Å². The normalized spacial score (nSPS) is 19.9. The molecular formula is C20H22F3NO3S. The zero-order valence-electron chi connectivity index (χ0n) is 15.4.